The maximum atomic E-state index is 12.0. The highest BCUT2D eigenvalue weighted by Gasteiger charge is 2.18. The molecule has 6 heteroatoms. The second kappa shape index (κ2) is 5.59. The van der Waals surface area contributed by atoms with Gasteiger partial charge in [0.05, 0.1) is 16.9 Å². The Hall–Kier alpha value is -2.53. The monoisotopic (exact) mass is 328 g/mol. The molecule has 0 saturated heterocycles. The van der Waals surface area contributed by atoms with E-state index in [1.54, 1.807) is 18.2 Å². The molecule has 5 nitrogen and oxygen atoms in total. The van der Waals surface area contributed by atoms with E-state index < -0.39 is 6.03 Å². The Morgan fingerprint density at radius 1 is 1.22 bits per heavy atom. The number of benzene rings is 2. The van der Waals surface area contributed by atoms with Crippen LogP contribution in [-0.4, -0.2) is 15.8 Å². The van der Waals surface area contributed by atoms with Crippen LogP contribution in [0.4, 0.5) is 16.2 Å². The first-order valence-corrected chi connectivity index (χ1v) is 7.55. The summed E-state index contributed by atoms with van der Waals surface area (Å²) in [5.41, 5.74) is 9.75. The number of amides is 2. The van der Waals surface area contributed by atoms with Crippen LogP contribution in [0.3, 0.4) is 0 Å². The molecule has 3 aromatic rings. The summed E-state index contributed by atoms with van der Waals surface area (Å²) < 4.78 is 1.82. The van der Waals surface area contributed by atoms with Crippen LogP contribution >= 0.6 is 11.6 Å². The molecule has 2 N–H and O–H groups in total. The van der Waals surface area contributed by atoms with Crippen LogP contribution in [0.1, 0.15) is 11.3 Å². The van der Waals surface area contributed by atoms with Crippen LogP contribution in [0.25, 0.3) is 10.9 Å². The van der Waals surface area contributed by atoms with Crippen molar-refractivity contribution in [3.63, 3.8) is 0 Å². The van der Waals surface area contributed by atoms with Crippen molar-refractivity contribution in [3.05, 3.63) is 52.7 Å². The smallest absolute Gasteiger partial charge is 0.323 e. The van der Waals surface area contributed by atoms with Gasteiger partial charge in [-0.1, -0.05) is 11.6 Å². The summed E-state index contributed by atoms with van der Waals surface area (Å²) in [6.45, 7) is 3.89. The third-order valence-corrected chi connectivity index (χ3v) is 4.23. The van der Waals surface area contributed by atoms with Crippen molar-refractivity contribution in [2.24, 2.45) is 12.8 Å². The Labute approximate surface area is 139 Å². The standard InChI is InChI=1S/C17H17ClN4O/c1-10-8-12(18)4-7-16(10)22(17(19)23)13-5-6-14-11(2)21(3)20-15(14)9-13/h4-9H,1-3H3,(H2,19,23). The second-order valence-corrected chi connectivity index (χ2v) is 5.95. The molecular formula is C17H17ClN4O. The van der Waals surface area contributed by atoms with Gasteiger partial charge in [0.2, 0.25) is 0 Å². The number of nitrogens with two attached hydrogens (primary N) is 1. The van der Waals surface area contributed by atoms with E-state index >= 15 is 0 Å². The number of fused-ring (bicyclic) bond motifs is 1. The number of anilines is 2. The number of carbonyl (C=O) groups is 1. The van der Waals surface area contributed by atoms with Gasteiger partial charge in [0, 0.05) is 23.2 Å². The topological polar surface area (TPSA) is 64.2 Å². The molecule has 3 rings (SSSR count). The highest BCUT2D eigenvalue weighted by molar-refractivity contribution is 6.30. The van der Waals surface area contributed by atoms with Crippen molar-refractivity contribution in [2.45, 2.75) is 13.8 Å². The summed E-state index contributed by atoms with van der Waals surface area (Å²) in [6, 6.07) is 10.5. The fourth-order valence-corrected chi connectivity index (χ4v) is 2.94. The number of aryl methyl sites for hydroxylation is 3. The Morgan fingerprint density at radius 2 is 1.96 bits per heavy atom. The first-order chi connectivity index (χ1) is 10.9. The van der Waals surface area contributed by atoms with E-state index in [1.807, 2.05) is 43.8 Å². The molecule has 2 amide bonds. The van der Waals surface area contributed by atoms with Crippen LogP contribution in [0.5, 0.6) is 0 Å². The van der Waals surface area contributed by atoms with E-state index in [-0.39, 0.29) is 0 Å². The maximum Gasteiger partial charge on any atom is 0.323 e. The fraction of sp³-hybridized carbons (Fsp3) is 0.176. The highest BCUT2D eigenvalue weighted by Crippen LogP contribution is 2.32. The minimum Gasteiger partial charge on any atom is -0.351 e. The highest BCUT2D eigenvalue weighted by atomic mass is 35.5. The molecule has 0 unspecified atom stereocenters. The number of halogens is 1. The van der Waals surface area contributed by atoms with Gasteiger partial charge in [0.15, 0.2) is 0 Å². The second-order valence-electron chi connectivity index (χ2n) is 5.51. The lowest BCUT2D eigenvalue weighted by molar-refractivity contribution is 0.256. The summed E-state index contributed by atoms with van der Waals surface area (Å²) in [5, 5.41) is 6.13. The van der Waals surface area contributed by atoms with Gasteiger partial charge in [-0.05, 0) is 55.8 Å². The molecule has 0 radical (unpaired) electrons. The number of aromatic nitrogens is 2. The number of urea groups is 1. The zero-order valence-electron chi connectivity index (χ0n) is 13.2. The number of nitrogens with zero attached hydrogens (tertiary/aromatic N) is 3. The van der Waals surface area contributed by atoms with Gasteiger partial charge in [0.25, 0.3) is 0 Å². The SMILES string of the molecule is Cc1cc(Cl)ccc1N(C(N)=O)c1ccc2c(C)n(C)nc2c1. The molecule has 0 atom stereocenters. The number of primary amides is 1. The first kappa shape index (κ1) is 15.4. The van der Waals surface area contributed by atoms with Gasteiger partial charge in [-0.15, -0.1) is 0 Å². The van der Waals surface area contributed by atoms with Crippen molar-refractivity contribution in [1.29, 1.82) is 0 Å². The molecule has 0 fully saturated rings. The number of hydrogen-bond acceptors (Lipinski definition) is 2. The van der Waals surface area contributed by atoms with E-state index in [9.17, 15) is 4.79 Å². The van der Waals surface area contributed by atoms with Crippen LogP contribution in [0.2, 0.25) is 5.02 Å². The molecular weight excluding hydrogens is 312 g/mol. The Kier molecular flexibility index (Phi) is 3.74. The lowest BCUT2D eigenvalue weighted by atomic mass is 10.1. The van der Waals surface area contributed by atoms with Gasteiger partial charge >= 0.3 is 6.03 Å². The largest absolute Gasteiger partial charge is 0.351 e. The van der Waals surface area contributed by atoms with E-state index in [1.165, 1.54) is 4.90 Å². The van der Waals surface area contributed by atoms with E-state index in [0.717, 1.165) is 22.2 Å². The molecule has 0 spiro atoms. The van der Waals surface area contributed by atoms with E-state index in [4.69, 9.17) is 17.3 Å². The van der Waals surface area contributed by atoms with Crippen molar-refractivity contribution >= 4 is 39.9 Å². The van der Waals surface area contributed by atoms with Crippen LogP contribution < -0.4 is 10.6 Å². The van der Waals surface area contributed by atoms with Crippen molar-refractivity contribution in [1.82, 2.24) is 9.78 Å². The molecule has 0 bridgehead atoms. The normalized spacial score (nSPS) is 11.0. The zero-order valence-corrected chi connectivity index (χ0v) is 13.9. The predicted molar refractivity (Wildman–Crippen MR) is 93.4 cm³/mol. The molecule has 2 aromatic carbocycles. The summed E-state index contributed by atoms with van der Waals surface area (Å²) >= 11 is 6.00. The van der Waals surface area contributed by atoms with Crippen LogP contribution in [0.15, 0.2) is 36.4 Å². The maximum absolute atomic E-state index is 12.0. The Bertz CT molecular complexity index is 916. The van der Waals surface area contributed by atoms with Gasteiger partial charge in [0.1, 0.15) is 0 Å². The average molecular weight is 329 g/mol. The Balaban J connectivity index is 2.16. The van der Waals surface area contributed by atoms with Gasteiger partial charge in [-0.3, -0.25) is 9.58 Å². The molecule has 1 heterocycles. The molecule has 1 aromatic heterocycles. The van der Waals surface area contributed by atoms with E-state index in [2.05, 4.69) is 5.10 Å². The number of carbonyl (C=O) groups excluding carboxylic acids is 1. The summed E-state index contributed by atoms with van der Waals surface area (Å²) in [6.07, 6.45) is 0. The third kappa shape index (κ3) is 2.64. The third-order valence-electron chi connectivity index (χ3n) is 3.99. The van der Waals surface area contributed by atoms with Crippen LogP contribution in [-0.2, 0) is 7.05 Å². The molecule has 23 heavy (non-hydrogen) atoms. The number of hydrogen-bond donors (Lipinski definition) is 1. The van der Waals surface area contributed by atoms with E-state index in [0.29, 0.717) is 16.4 Å². The van der Waals surface area contributed by atoms with Crippen molar-refractivity contribution in [3.8, 4) is 0 Å². The van der Waals surface area contributed by atoms with Crippen molar-refractivity contribution in [2.75, 3.05) is 4.90 Å². The van der Waals surface area contributed by atoms with Gasteiger partial charge < -0.3 is 5.73 Å². The zero-order chi connectivity index (χ0) is 16.7. The molecule has 0 aliphatic carbocycles. The summed E-state index contributed by atoms with van der Waals surface area (Å²) in [5.74, 6) is 0. The van der Waals surface area contributed by atoms with Gasteiger partial charge in [-0.25, -0.2) is 4.79 Å². The molecule has 118 valence electrons. The predicted octanol–water partition coefficient (Wildman–Crippen LogP) is 4.06. The fourth-order valence-electron chi connectivity index (χ4n) is 2.71. The molecule has 0 aliphatic heterocycles. The first-order valence-electron chi connectivity index (χ1n) is 7.17. The Morgan fingerprint density at radius 3 is 2.61 bits per heavy atom. The molecule has 0 aliphatic rings. The van der Waals surface area contributed by atoms with Gasteiger partial charge in [-0.2, -0.15) is 5.10 Å². The van der Waals surface area contributed by atoms with Crippen LogP contribution in [0, 0.1) is 13.8 Å². The quantitative estimate of drug-likeness (QED) is 0.771. The van der Waals surface area contributed by atoms with Crippen molar-refractivity contribution < 1.29 is 4.79 Å². The summed E-state index contributed by atoms with van der Waals surface area (Å²) in [7, 11) is 1.89. The minimum absolute atomic E-state index is 0.553. The summed E-state index contributed by atoms with van der Waals surface area (Å²) in [4.78, 5) is 13.5. The molecule has 0 saturated carbocycles. The lowest BCUT2D eigenvalue weighted by Gasteiger charge is -2.22. The lowest BCUT2D eigenvalue weighted by Crippen LogP contribution is -2.31. The minimum atomic E-state index is -0.553. The number of rotatable bonds is 2. The average Bonchev–Trinajstić information content (AvgIpc) is 2.76.